The highest BCUT2D eigenvalue weighted by molar-refractivity contribution is 7.92. The molecule has 51 heavy (non-hydrogen) atoms. The minimum atomic E-state index is -3.59. The van der Waals surface area contributed by atoms with Crippen molar-refractivity contribution in [3.63, 3.8) is 0 Å². The number of hydrogen-bond acceptors (Lipinski definition) is 7. The number of carbonyl (C=O) groups is 2. The van der Waals surface area contributed by atoms with Crippen LogP contribution in [0.5, 0.6) is 5.75 Å². The summed E-state index contributed by atoms with van der Waals surface area (Å²) in [5.74, 6) is -0.883. The van der Waals surface area contributed by atoms with E-state index in [1.165, 1.54) is 11.1 Å². The second-order valence-corrected chi connectivity index (χ2v) is 17.6. The Bertz CT molecular complexity index is 1810. The van der Waals surface area contributed by atoms with Crippen molar-refractivity contribution < 1.29 is 36.8 Å². The highest BCUT2D eigenvalue weighted by Crippen LogP contribution is 2.47. The van der Waals surface area contributed by atoms with Gasteiger partial charge >= 0.3 is 6.61 Å². The number of alkyl halides is 2. The van der Waals surface area contributed by atoms with Crippen molar-refractivity contribution in [1.82, 2.24) is 4.72 Å². The highest BCUT2D eigenvalue weighted by Gasteiger charge is 2.45. The monoisotopic (exact) mass is 745 g/mol. The largest absolute Gasteiger partial charge is 0.490 e. The van der Waals surface area contributed by atoms with E-state index in [1.807, 2.05) is 19.1 Å². The van der Waals surface area contributed by atoms with E-state index in [9.17, 15) is 22.6 Å². The summed E-state index contributed by atoms with van der Waals surface area (Å²) < 4.78 is 63.6. The lowest BCUT2D eigenvalue weighted by atomic mass is 9.68. The quantitative estimate of drug-likeness (QED) is 0.326. The Balaban J connectivity index is 1.25. The number of nitrogens with one attached hydrogen (secondary N) is 1. The van der Waals surface area contributed by atoms with E-state index in [2.05, 4.69) is 36.9 Å². The van der Waals surface area contributed by atoms with Crippen molar-refractivity contribution in [1.29, 1.82) is 0 Å². The summed E-state index contributed by atoms with van der Waals surface area (Å²) in [4.78, 5) is 29.5. The maximum atomic E-state index is 14.4. The molecular formula is C38H46ClF2N3O6S. The number of fused-ring (bicyclic) bond motifs is 4. The van der Waals surface area contributed by atoms with Crippen LogP contribution >= 0.6 is 11.6 Å². The van der Waals surface area contributed by atoms with E-state index in [4.69, 9.17) is 21.1 Å². The molecule has 13 heteroatoms. The van der Waals surface area contributed by atoms with Crippen LogP contribution in [0.25, 0.3) is 0 Å². The van der Waals surface area contributed by atoms with Gasteiger partial charge in [-0.1, -0.05) is 36.7 Å². The Morgan fingerprint density at radius 1 is 1.20 bits per heavy atom. The van der Waals surface area contributed by atoms with E-state index < -0.39 is 40.4 Å². The number of hydrogen-bond donors (Lipinski definition) is 1. The van der Waals surface area contributed by atoms with Crippen LogP contribution in [0.4, 0.5) is 14.5 Å². The molecular weight excluding hydrogens is 700 g/mol. The molecule has 276 valence electrons. The molecule has 2 saturated carbocycles. The van der Waals surface area contributed by atoms with Crippen LogP contribution in [-0.4, -0.2) is 67.4 Å². The lowest BCUT2D eigenvalue weighted by molar-refractivity contribution is -0.192. The van der Waals surface area contributed by atoms with E-state index in [0.29, 0.717) is 37.2 Å². The average Bonchev–Trinajstić information content (AvgIpc) is 3.19. The molecule has 2 amide bonds. The van der Waals surface area contributed by atoms with Gasteiger partial charge in [-0.2, -0.15) is 8.78 Å². The van der Waals surface area contributed by atoms with Crippen molar-refractivity contribution in [3.8, 4) is 5.75 Å². The van der Waals surface area contributed by atoms with Gasteiger partial charge in [-0.25, -0.2) is 4.21 Å². The fraction of sp³-hybridized carbons (Fsp3) is 0.579. The molecule has 0 aromatic heterocycles. The van der Waals surface area contributed by atoms with Crippen LogP contribution in [0.15, 0.2) is 52.9 Å². The summed E-state index contributed by atoms with van der Waals surface area (Å²) in [7, 11) is -1.85. The second-order valence-electron chi connectivity index (χ2n) is 15.1. The molecule has 2 heterocycles. The van der Waals surface area contributed by atoms with Gasteiger partial charge in [0, 0.05) is 42.1 Å². The molecule has 1 N–H and O–H groups in total. The van der Waals surface area contributed by atoms with Crippen LogP contribution in [0.2, 0.25) is 5.02 Å². The lowest BCUT2D eigenvalue weighted by Crippen LogP contribution is -2.49. The Kier molecular flexibility index (Phi) is 10.5. The lowest BCUT2D eigenvalue weighted by Gasteiger charge is -2.46. The summed E-state index contributed by atoms with van der Waals surface area (Å²) >= 11 is 6.44. The summed E-state index contributed by atoms with van der Waals surface area (Å²) in [5, 5.41) is 0.719. The van der Waals surface area contributed by atoms with Crippen LogP contribution in [0.1, 0.15) is 73.4 Å². The number of carbonyl (C=O) groups excluding carboxylic acids is 2. The van der Waals surface area contributed by atoms with Gasteiger partial charge in [0.25, 0.3) is 5.91 Å². The Morgan fingerprint density at radius 3 is 2.76 bits per heavy atom. The number of anilines is 1. The number of ether oxygens (including phenoxy) is 3. The topological polar surface area (TPSA) is 107 Å². The third kappa shape index (κ3) is 7.70. The molecule has 9 nitrogen and oxygen atoms in total. The minimum Gasteiger partial charge on any atom is -0.490 e. The number of methoxy groups -OCH3 is 1. The van der Waals surface area contributed by atoms with Crippen molar-refractivity contribution in [3.05, 3.63) is 70.3 Å². The number of nitrogens with zero attached hydrogens (tertiary/aromatic N) is 2. The first-order chi connectivity index (χ1) is 24.4. The van der Waals surface area contributed by atoms with E-state index in [0.717, 1.165) is 49.4 Å². The normalized spacial score (nSPS) is 34.2. The molecule has 2 aromatic rings. The molecule has 2 bridgehead atoms. The van der Waals surface area contributed by atoms with Crippen molar-refractivity contribution in [2.45, 2.75) is 82.5 Å². The standard InChI is InChI=1S/C38H46ClF2N3O6S/c1-23-5-3-7-33(48-2)30-11-8-26(30)19-44-21-38(14-4-6-24-15-28(39)10-12-31(24)38)22-49-34-13-9-25(18-32(34)44)35(45)42-51(47,20-23)43-36(46)27-16-29(17-27)50-37(40)41/h3,7,9-10,12-13,15,18,23,26-27,29-30,33,37H,4-6,8,11,14,16-17,19-22H2,1-2H3,(H,42,43,45,46,47)/b7-3+/t23-,26-,27?,29?,30+,33-,38-,51-/m0/s1. The van der Waals surface area contributed by atoms with Gasteiger partial charge in [-0.3, -0.25) is 14.3 Å². The summed E-state index contributed by atoms with van der Waals surface area (Å²) in [6.07, 6.45) is 8.98. The molecule has 3 aliphatic carbocycles. The molecule has 1 spiro atoms. The van der Waals surface area contributed by atoms with Crippen molar-refractivity contribution in [2.24, 2.45) is 28.0 Å². The van der Waals surface area contributed by atoms with E-state index >= 15 is 0 Å². The Labute approximate surface area is 303 Å². The molecule has 7 rings (SSSR count). The summed E-state index contributed by atoms with van der Waals surface area (Å²) in [5.41, 5.74) is 3.21. The number of aryl methyl sites for hydroxylation is 1. The van der Waals surface area contributed by atoms with Crippen LogP contribution in [-0.2, 0) is 36.0 Å². The fourth-order valence-electron chi connectivity index (χ4n) is 8.64. The van der Waals surface area contributed by atoms with E-state index in [-0.39, 0.29) is 41.6 Å². The first-order valence-electron chi connectivity index (χ1n) is 18.0. The number of rotatable bonds is 5. The van der Waals surface area contributed by atoms with Gasteiger partial charge in [0.1, 0.15) is 15.7 Å². The Morgan fingerprint density at radius 2 is 2.02 bits per heavy atom. The van der Waals surface area contributed by atoms with Crippen LogP contribution in [0, 0.1) is 23.7 Å². The number of allylic oxidation sites excluding steroid dienone is 1. The first kappa shape index (κ1) is 36.3. The summed E-state index contributed by atoms with van der Waals surface area (Å²) in [6, 6.07) is 11.4. The molecule has 0 radical (unpaired) electrons. The van der Waals surface area contributed by atoms with Crippen molar-refractivity contribution in [2.75, 3.05) is 37.5 Å². The van der Waals surface area contributed by atoms with Gasteiger partial charge in [-0.15, -0.1) is 4.36 Å². The molecule has 5 aliphatic rings. The predicted molar refractivity (Wildman–Crippen MR) is 192 cm³/mol. The molecule has 0 saturated heterocycles. The number of amides is 2. The molecule has 2 fully saturated rings. The van der Waals surface area contributed by atoms with Gasteiger partial charge in [0.2, 0.25) is 5.91 Å². The van der Waals surface area contributed by atoms with E-state index in [1.54, 1.807) is 25.3 Å². The Hall–Kier alpha value is -3.06. The van der Waals surface area contributed by atoms with Gasteiger partial charge in [-0.05, 0) is 111 Å². The fourth-order valence-corrected chi connectivity index (χ4v) is 10.8. The highest BCUT2D eigenvalue weighted by atomic mass is 35.5. The molecule has 6 atom stereocenters. The maximum absolute atomic E-state index is 14.4. The maximum Gasteiger partial charge on any atom is 0.345 e. The minimum absolute atomic E-state index is 0.0612. The third-order valence-corrected chi connectivity index (χ3v) is 13.8. The molecule has 2 aromatic carbocycles. The zero-order valence-electron chi connectivity index (χ0n) is 29.0. The average molecular weight is 746 g/mol. The summed E-state index contributed by atoms with van der Waals surface area (Å²) in [6.45, 7) is 0.872. The number of halogens is 3. The van der Waals surface area contributed by atoms with Gasteiger partial charge < -0.3 is 19.1 Å². The molecule has 0 unspecified atom stereocenters. The third-order valence-electron chi connectivity index (χ3n) is 11.5. The van der Waals surface area contributed by atoms with Crippen LogP contribution < -0.4 is 14.4 Å². The number of benzene rings is 2. The zero-order valence-corrected chi connectivity index (χ0v) is 30.6. The smallest absolute Gasteiger partial charge is 0.345 e. The molecule has 2 aliphatic heterocycles. The van der Waals surface area contributed by atoms with Gasteiger partial charge in [0.05, 0.1) is 30.3 Å². The zero-order chi connectivity index (χ0) is 35.9. The van der Waals surface area contributed by atoms with Gasteiger partial charge in [0.15, 0.2) is 0 Å². The SMILES string of the molecule is CO[C@H]1/C=C/C[C@H](C)C[S@@](=O)(NC(=O)C2CC(OC(F)F)C2)=NC(=O)c2ccc3c(c2)N(C[C@@H]2CC[C@H]21)C[C@@]1(CCCc2cc(Cl)ccc21)CO3. The second kappa shape index (κ2) is 14.8. The first-order valence-corrected chi connectivity index (χ1v) is 20.0. The van der Waals surface area contributed by atoms with Crippen molar-refractivity contribution >= 4 is 39.0 Å². The predicted octanol–water partition coefficient (Wildman–Crippen LogP) is 7.11. The van der Waals surface area contributed by atoms with Crippen LogP contribution in [0.3, 0.4) is 0 Å².